The molecule has 26 heavy (non-hydrogen) atoms. The first kappa shape index (κ1) is 18.5. The predicted octanol–water partition coefficient (Wildman–Crippen LogP) is 4.68. The fraction of sp³-hybridized carbons (Fsp3) is 0. The Morgan fingerprint density at radius 1 is 0.462 bits per heavy atom. The summed E-state index contributed by atoms with van der Waals surface area (Å²) in [7, 11) is 0. The van der Waals surface area contributed by atoms with Gasteiger partial charge in [0.25, 0.3) is 0 Å². The largest absolute Gasteiger partial charge is 0.246 e. The van der Waals surface area contributed by atoms with E-state index in [1.54, 1.807) is 36.4 Å². The van der Waals surface area contributed by atoms with E-state index < -0.39 is 0 Å². The van der Waals surface area contributed by atoms with Crippen LogP contribution in [0.1, 0.15) is 22.8 Å². The Bertz CT molecular complexity index is 961. The molecule has 8 heteroatoms. The lowest BCUT2D eigenvalue weighted by molar-refractivity contribution is 0.819. The maximum Gasteiger partial charge on any atom is 0.246 e. The molecule has 0 unspecified atom stereocenters. The van der Waals surface area contributed by atoms with Gasteiger partial charge in [0, 0.05) is 31.2 Å². The zero-order valence-electron chi connectivity index (χ0n) is 12.8. The molecule has 126 valence electrons. The van der Waals surface area contributed by atoms with Gasteiger partial charge in [0.2, 0.25) is 11.6 Å². The molecule has 0 amide bonds. The third-order valence-corrected chi connectivity index (χ3v) is 3.71. The van der Waals surface area contributed by atoms with Crippen LogP contribution in [0.5, 0.6) is 0 Å². The van der Waals surface area contributed by atoms with Gasteiger partial charge in [0.05, 0.1) is 0 Å². The lowest BCUT2D eigenvalue weighted by atomic mass is 10.2. The van der Waals surface area contributed by atoms with Gasteiger partial charge in [-0.2, -0.15) is 0 Å². The highest BCUT2D eigenvalue weighted by atomic mass is 35.5. The molecule has 0 fully saturated rings. The fourth-order valence-electron chi connectivity index (χ4n) is 1.84. The second-order valence-electron chi connectivity index (χ2n) is 4.86. The predicted molar refractivity (Wildman–Crippen MR) is 103 cm³/mol. The second-order valence-corrected chi connectivity index (χ2v) is 6.61. The summed E-state index contributed by atoms with van der Waals surface area (Å²) in [4.78, 5) is 0. The van der Waals surface area contributed by atoms with E-state index in [4.69, 9.17) is 46.4 Å². The normalized spacial score (nSPS) is 9.69. The molecule has 0 bridgehead atoms. The minimum Gasteiger partial charge on any atom is -0.116 e. The Morgan fingerprint density at radius 2 is 0.769 bits per heavy atom. The summed E-state index contributed by atoms with van der Waals surface area (Å²) < 4.78 is 0. The highest BCUT2D eigenvalue weighted by molar-refractivity contribution is 6.35. The summed E-state index contributed by atoms with van der Waals surface area (Å²) in [5.74, 6) is 11.5. The number of benzene rings is 2. The molecule has 3 aromatic rings. The fourth-order valence-corrected chi connectivity index (χ4v) is 2.89. The number of nitrogens with zero attached hydrogens (tertiary/aromatic N) is 4. The molecule has 0 aliphatic heterocycles. The maximum atomic E-state index is 5.92. The Hall–Kier alpha value is -2.34. The molecule has 4 nitrogen and oxygen atoms in total. The van der Waals surface area contributed by atoms with Crippen LogP contribution in [0.25, 0.3) is 0 Å². The van der Waals surface area contributed by atoms with Gasteiger partial charge in [0.15, 0.2) is 0 Å². The van der Waals surface area contributed by atoms with Gasteiger partial charge in [-0.15, -0.1) is 20.4 Å². The molecule has 0 radical (unpaired) electrons. The number of hydrogen-bond donors (Lipinski definition) is 0. The number of halogens is 4. The first-order valence-electron chi connectivity index (χ1n) is 7.01. The molecule has 0 aliphatic rings. The summed E-state index contributed by atoms with van der Waals surface area (Å²) in [6.45, 7) is 0. The first-order chi connectivity index (χ1) is 12.5. The van der Waals surface area contributed by atoms with E-state index in [9.17, 15) is 0 Å². The van der Waals surface area contributed by atoms with Crippen LogP contribution in [0, 0.1) is 23.7 Å². The van der Waals surface area contributed by atoms with Crippen LogP contribution >= 0.6 is 46.4 Å². The lowest BCUT2D eigenvalue weighted by Gasteiger charge is -1.94. The molecule has 0 atom stereocenters. The summed E-state index contributed by atoms with van der Waals surface area (Å²) in [6.07, 6.45) is 0. The number of aromatic nitrogens is 4. The molecule has 0 saturated heterocycles. The molecule has 0 saturated carbocycles. The van der Waals surface area contributed by atoms with Gasteiger partial charge >= 0.3 is 0 Å². The highest BCUT2D eigenvalue weighted by Gasteiger charge is 1.99. The minimum absolute atomic E-state index is 0.150. The van der Waals surface area contributed by atoms with Crippen LogP contribution in [0.4, 0.5) is 0 Å². The third-order valence-electron chi connectivity index (χ3n) is 2.84. The van der Waals surface area contributed by atoms with E-state index in [0.717, 1.165) is 0 Å². The summed E-state index contributed by atoms with van der Waals surface area (Å²) in [5.41, 5.74) is 1.26. The van der Waals surface area contributed by atoms with Crippen LogP contribution in [0.15, 0.2) is 36.4 Å². The standard InChI is InChI=1S/C18H6Cl4N4/c19-13-5-11(6-14(20)9-13)1-3-17-23-25-18(26-24-17)4-2-12-7-15(21)10-16(22)8-12/h5-10H. The number of rotatable bonds is 0. The third kappa shape index (κ3) is 5.33. The Balaban J connectivity index is 1.77. The van der Waals surface area contributed by atoms with Gasteiger partial charge in [0.1, 0.15) is 0 Å². The monoisotopic (exact) mass is 418 g/mol. The van der Waals surface area contributed by atoms with Crippen molar-refractivity contribution in [1.82, 2.24) is 20.4 Å². The van der Waals surface area contributed by atoms with Crippen molar-refractivity contribution < 1.29 is 0 Å². The second kappa shape index (κ2) is 8.36. The smallest absolute Gasteiger partial charge is 0.116 e. The van der Waals surface area contributed by atoms with Gasteiger partial charge in [-0.05, 0) is 48.2 Å². The van der Waals surface area contributed by atoms with Crippen molar-refractivity contribution in [1.29, 1.82) is 0 Å². The summed E-state index contributed by atoms with van der Waals surface area (Å²) >= 11 is 23.7. The van der Waals surface area contributed by atoms with Crippen LogP contribution < -0.4 is 0 Å². The first-order valence-corrected chi connectivity index (χ1v) is 8.53. The van der Waals surface area contributed by atoms with E-state index in [0.29, 0.717) is 31.2 Å². The minimum atomic E-state index is 0.150. The lowest BCUT2D eigenvalue weighted by Crippen LogP contribution is -2.00. The van der Waals surface area contributed by atoms with Crippen molar-refractivity contribution in [3.05, 3.63) is 79.3 Å². The van der Waals surface area contributed by atoms with Crippen molar-refractivity contribution in [2.75, 3.05) is 0 Å². The number of hydrogen-bond acceptors (Lipinski definition) is 4. The molecule has 2 aromatic carbocycles. The Morgan fingerprint density at radius 3 is 1.08 bits per heavy atom. The van der Waals surface area contributed by atoms with Crippen molar-refractivity contribution in [2.24, 2.45) is 0 Å². The highest BCUT2D eigenvalue weighted by Crippen LogP contribution is 2.19. The topological polar surface area (TPSA) is 51.6 Å². The Labute approximate surface area is 169 Å². The van der Waals surface area contributed by atoms with E-state index >= 15 is 0 Å². The van der Waals surface area contributed by atoms with E-state index in [1.807, 2.05) is 0 Å². The zero-order chi connectivity index (χ0) is 18.5. The Kier molecular flexibility index (Phi) is 5.93. The van der Waals surface area contributed by atoms with Crippen LogP contribution in [-0.4, -0.2) is 20.4 Å². The molecule has 0 aliphatic carbocycles. The van der Waals surface area contributed by atoms with Gasteiger partial charge < -0.3 is 0 Å². The molecule has 1 aromatic heterocycles. The van der Waals surface area contributed by atoms with Crippen molar-refractivity contribution in [3.63, 3.8) is 0 Å². The average molecular weight is 420 g/mol. The van der Waals surface area contributed by atoms with Crippen LogP contribution in [0.2, 0.25) is 20.1 Å². The zero-order valence-corrected chi connectivity index (χ0v) is 15.8. The molecule has 0 spiro atoms. The average Bonchev–Trinajstić information content (AvgIpc) is 2.57. The molecule has 1 heterocycles. The maximum absolute atomic E-state index is 5.92. The SMILES string of the molecule is Clc1cc(Cl)cc(C#Cc2nnc(C#Cc3cc(Cl)cc(Cl)c3)nn2)c1. The van der Waals surface area contributed by atoms with E-state index in [2.05, 4.69) is 44.1 Å². The molecule has 0 N–H and O–H groups in total. The van der Waals surface area contributed by atoms with Crippen LogP contribution in [-0.2, 0) is 0 Å². The summed E-state index contributed by atoms with van der Waals surface area (Å²) in [6, 6.07) is 9.95. The van der Waals surface area contributed by atoms with Crippen molar-refractivity contribution in [2.45, 2.75) is 0 Å². The van der Waals surface area contributed by atoms with Crippen molar-refractivity contribution in [3.8, 4) is 23.7 Å². The quantitative estimate of drug-likeness (QED) is 0.496. The van der Waals surface area contributed by atoms with Gasteiger partial charge in [-0.25, -0.2) is 0 Å². The molecule has 3 rings (SSSR count). The van der Waals surface area contributed by atoms with Crippen molar-refractivity contribution >= 4 is 46.4 Å². The van der Waals surface area contributed by atoms with E-state index in [1.165, 1.54) is 0 Å². The van der Waals surface area contributed by atoms with Gasteiger partial charge in [-0.3, -0.25) is 0 Å². The van der Waals surface area contributed by atoms with Crippen LogP contribution in [0.3, 0.4) is 0 Å². The van der Waals surface area contributed by atoms with Gasteiger partial charge in [-0.1, -0.05) is 58.2 Å². The molecular weight excluding hydrogens is 414 g/mol. The molecular formula is C18H6Cl4N4. The summed E-state index contributed by atoms with van der Waals surface area (Å²) in [5, 5.41) is 17.4. The van der Waals surface area contributed by atoms with E-state index in [-0.39, 0.29) is 11.6 Å².